The topological polar surface area (TPSA) is 80.4 Å². The monoisotopic (exact) mass is 398 g/mol. The van der Waals surface area contributed by atoms with E-state index in [0.717, 1.165) is 24.3 Å². The number of nitrogens with one attached hydrogen (secondary N) is 1. The smallest absolute Gasteiger partial charge is 0.410 e. The van der Waals surface area contributed by atoms with E-state index in [1.165, 1.54) is 6.21 Å². The number of hydrogen-bond acceptors (Lipinski definition) is 5. The summed E-state index contributed by atoms with van der Waals surface area (Å²) in [5.41, 5.74) is 0.381. The van der Waals surface area contributed by atoms with Crippen molar-refractivity contribution in [1.82, 2.24) is 14.7 Å². The lowest BCUT2D eigenvalue weighted by molar-refractivity contribution is 0.0284. The molecule has 2 aromatic rings. The predicted molar refractivity (Wildman–Crippen MR) is 112 cm³/mol. The molecule has 1 aliphatic rings. The first kappa shape index (κ1) is 20.9. The summed E-state index contributed by atoms with van der Waals surface area (Å²) in [4.78, 5) is 14.1. The van der Waals surface area contributed by atoms with Gasteiger partial charge < -0.3 is 19.8 Å². The van der Waals surface area contributed by atoms with Gasteiger partial charge >= 0.3 is 6.09 Å². The highest BCUT2D eigenvalue weighted by Gasteiger charge is 2.31. The Balaban J connectivity index is 1.63. The summed E-state index contributed by atoms with van der Waals surface area (Å²) in [5.74, 6) is 1.06. The number of carbonyl (C=O) groups excluding carboxylic acids is 1. The molecule has 1 aromatic carbocycles. The molecule has 0 spiro atoms. The summed E-state index contributed by atoms with van der Waals surface area (Å²) in [6.07, 6.45) is 6.83. The summed E-state index contributed by atoms with van der Waals surface area (Å²) >= 11 is 0. The second-order valence-corrected chi connectivity index (χ2v) is 8.41. The van der Waals surface area contributed by atoms with Gasteiger partial charge in [-0.25, -0.2) is 9.48 Å². The van der Waals surface area contributed by atoms with Crippen LogP contribution in [0.4, 0.5) is 4.79 Å². The molecule has 0 radical (unpaired) electrons. The molecular formula is C22H30N4O3. The van der Waals surface area contributed by atoms with Gasteiger partial charge in [-0.2, -0.15) is 5.10 Å². The maximum Gasteiger partial charge on any atom is 0.410 e. The molecule has 0 saturated carbocycles. The average molecular weight is 399 g/mol. The van der Waals surface area contributed by atoms with Crippen molar-refractivity contribution in [3.05, 3.63) is 42.7 Å². The molecule has 7 nitrogen and oxygen atoms in total. The zero-order valence-corrected chi connectivity index (χ0v) is 17.4. The van der Waals surface area contributed by atoms with E-state index >= 15 is 0 Å². The summed E-state index contributed by atoms with van der Waals surface area (Å²) < 4.78 is 13.6. The number of ether oxygens (including phenoxy) is 2. The van der Waals surface area contributed by atoms with Gasteiger partial charge in [0, 0.05) is 31.9 Å². The van der Waals surface area contributed by atoms with E-state index in [-0.39, 0.29) is 12.2 Å². The Morgan fingerprint density at radius 3 is 2.83 bits per heavy atom. The van der Waals surface area contributed by atoms with Crippen molar-refractivity contribution in [3.63, 3.8) is 0 Å². The molecule has 1 aromatic heterocycles. The molecule has 0 unspecified atom stereocenters. The Morgan fingerprint density at radius 2 is 2.14 bits per heavy atom. The fraction of sp³-hybridized carbons (Fsp3) is 0.500. The van der Waals surface area contributed by atoms with Gasteiger partial charge in [0.05, 0.1) is 0 Å². The van der Waals surface area contributed by atoms with Crippen molar-refractivity contribution in [2.75, 3.05) is 13.1 Å². The molecule has 1 N–H and O–H groups in total. The van der Waals surface area contributed by atoms with E-state index in [2.05, 4.69) is 5.10 Å². The summed E-state index contributed by atoms with van der Waals surface area (Å²) in [5, 5.41) is 11.9. The molecule has 29 heavy (non-hydrogen) atoms. The molecule has 0 aliphatic carbocycles. The predicted octanol–water partition coefficient (Wildman–Crippen LogP) is 4.31. The van der Waals surface area contributed by atoms with Crippen molar-refractivity contribution in [3.8, 4) is 11.4 Å². The number of aromatic nitrogens is 2. The highest BCUT2D eigenvalue weighted by molar-refractivity contribution is 5.68. The van der Waals surface area contributed by atoms with Crippen LogP contribution in [0.3, 0.4) is 0 Å². The first-order valence-corrected chi connectivity index (χ1v) is 10.1. The van der Waals surface area contributed by atoms with Crippen LogP contribution in [0.5, 0.6) is 5.75 Å². The lowest BCUT2D eigenvalue weighted by Crippen LogP contribution is -2.35. The van der Waals surface area contributed by atoms with Gasteiger partial charge in [0.25, 0.3) is 0 Å². The molecule has 1 aliphatic heterocycles. The van der Waals surface area contributed by atoms with E-state index in [9.17, 15) is 4.79 Å². The normalized spacial score (nSPS) is 17.8. The Kier molecular flexibility index (Phi) is 6.56. The van der Waals surface area contributed by atoms with Crippen molar-refractivity contribution < 1.29 is 14.3 Å². The van der Waals surface area contributed by atoms with E-state index in [1.54, 1.807) is 15.8 Å². The third-order valence-electron chi connectivity index (χ3n) is 4.82. The molecule has 2 atom stereocenters. The minimum absolute atomic E-state index is 0.132. The Bertz CT molecular complexity index is 814. The van der Waals surface area contributed by atoms with Crippen LogP contribution >= 0.6 is 0 Å². The first-order chi connectivity index (χ1) is 13.9. The third kappa shape index (κ3) is 5.82. The standard InChI is InChI=1S/C22H30N4O3/c1-22(2,3)29-21(27)25-14-10-17(16-25)15-18(9-11-23)28-20-8-5-4-7-19(20)26-13-6-12-24-26/h4-8,11-13,17-18,23H,9-10,14-16H2,1-3H3/t17-,18-/m0/s1. The Labute approximate surface area is 172 Å². The SMILES string of the molecule is CC(C)(C)OC(=O)N1CC[C@@H](C[C@H](CC=N)Oc2ccccc2-n2cccn2)C1. The molecule has 1 fully saturated rings. The maximum absolute atomic E-state index is 12.3. The van der Waals surface area contributed by atoms with Gasteiger partial charge in [0.2, 0.25) is 0 Å². The second-order valence-electron chi connectivity index (χ2n) is 8.41. The minimum atomic E-state index is -0.489. The fourth-order valence-electron chi connectivity index (χ4n) is 3.55. The molecule has 7 heteroatoms. The first-order valence-electron chi connectivity index (χ1n) is 10.1. The van der Waals surface area contributed by atoms with Crippen LogP contribution in [0, 0.1) is 11.3 Å². The second kappa shape index (κ2) is 9.11. The zero-order chi connectivity index (χ0) is 20.9. The Hall–Kier alpha value is -2.83. The number of rotatable bonds is 7. The number of nitrogens with zero attached hydrogens (tertiary/aromatic N) is 3. The third-order valence-corrected chi connectivity index (χ3v) is 4.82. The van der Waals surface area contributed by atoms with Crippen molar-refractivity contribution in [2.45, 2.75) is 51.7 Å². The van der Waals surface area contributed by atoms with Crippen LogP contribution in [-0.4, -0.2) is 51.8 Å². The number of likely N-dealkylation sites (tertiary alicyclic amines) is 1. The minimum Gasteiger partial charge on any atom is -0.488 e. The van der Waals surface area contributed by atoms with Crippen LogP contribution in [0.1, 0.15) is 40.0 Å². The van der Waals surface area contributed by atoms with Gasteiger partial charge in [0.1, 0.15) is 23.1 Å². The molecular weight excluding hydrogens is 368 g/mol. The van der Waals surface area contributed by atoms with Gasteiger partial charge in [-0.3, -0.25) is 0 Å². The van der Waals surface area contributed by atoms with E-state index < -0.39 is 5.60 Å². The maximum atomic E-state index is 12.3. The van der Waals surface area contributed by atoms with Gasteiger partial charge in [0.15, 0.2) is 0 Å². The zero-order valence-electron chi connectivity index (χ0n) is 17.4. The van der Waals surface area contributed by atoms with E-state index in [4.69, 9.17) is 14.9 Å². The number of carbonyl (C=O) groups is 1. The summed E-state index contributed by atoms with van der Waals surface area (Å²) in [6, 6.07) is 9.64. The van der Waals surface area contributed by atoms with Gasteiger partial charge in [-0.15, -0.1) is 0 Å². The van der Waals surface area contributed by atoms with Crippen LogP contribution < -0.4 is 4.74 Å². The van der Waals surface area contributed by atoms with Crippen molar-refractivity contribution in [1.29, 1.82) is 5.41 Å². The highest BCUT2D eigenvalue weighted by atomic mass is 16.6. The van der Waals surface area contributed by atoms with Crippen LogP contribution in [-0.2, 0) is 4.74 Å². The van der Waals surface area contributed by atoms with Gasteiger partial charge in [-0.1, -0.05) is 12.1 Å². The molecule has 1 saturated heterocycles. The average Bonchev–Trinajstić information content (AvgIpc) is 3.33. The molecule has 156 valence electrons. The van der Waals surface area contributed by atoms with E-state index in [1.807, 2.05) is 57.3 Å². The van der Waals surface area contributed by atoms with Crippen LogP contribution in [0.15, 0.2) is 42.7 Å². The number of para-hydroxylation sites is 2. The van der Waals surface area contributed by atoms with Gasteiger partial charge in [-0.05, 0) is 63.9 Å². The molecule has 2 heterocycles. The molecule has 1 amide bonds. The quantitative estimate of drug-likeness (QED) is 0.705. The van der Waals surface area contributed by atoms with Crippen LogP contribution in [0.2, 0.25) is 0 Å². The lowest BCUT2D eigenvalue weighted by atomic mass is 9.99. The van der Waals surface area contributed by atoms with E-state index in [0.29, 0.717) is 25.4 Å². The van der Waals surface area contributed by atoms with Crippen molar-refractivity contribution >= 4 is 12.3 Å². The fourth-order valence-corrected chi connectivity index (χ4v) is 3.55. The summed E-state index contributed by atoms with van der Waals surface area (Å²) in [6.45, 7) is 6.99. The number of amides is 1. The van der Waals surface area contributed by atoms with Crippen molar-refractivity contribution in [2.24, 2.45) is 5.92 Å². The lowest BCUT2D eigenvalue weighted by Gasteiger charge is -2.25. The molecule has 0 bridgehead atoms. The highest BCUT2D eigenvalue weighted by Crippen LogP contribution is 2.28. The van der Waals surface area contributed by atoms with Crippen LogP contribution in [0.25, 0.3) is 5.69 Å². The molecule has 3 rings (SSSR count). The Morgan fingerprint density at radius 1 is 1.34 bits per heavy atom. The summed E-state index contributed by atoms with van der Waals surface area (Å²) in [7, 11) is 0. The largest absolute Gasteiger partial charge is 0.488 e. The number of benzene rings is 1. The number of hydrogen-bond donors (Lipinski definition) is 1.